The summed E-state index contributed by atoms with van der Waals surface area (Å²) < 4.78 is 19.0. The first-order valence-corrected chi connectivity index (χ1v) is 5.67. The van der Waals surface area contributed by atoms with E-state index in [0.29, 0.717) is 12.2 Å². The summed E-state index contributed by atoms with van der Waals surface area (Å²) in [6.45, 7) is 4.56. The topological polar surface area (TPSA) is 9.23 Å². The van der Waals surface area contributed by atoms with Crippen molar-refractivity contribution in [2.45, 2.75) is 32.8 Å². The van der Waals surface area contributed by atoms with Crippen LogP contribution in [0.25, 0.3) is 0 Å². The molecule has 1 unspecified atom stereocenters. The van der Waals surface area contributed by atoms with Crippen LogP contribution in [0.3, 0.4) is 0 Å². The molecule has 16 heavy (non-hydrogen) atoms. The predicted molar refractivity (Wildman–Crippen MR) is 63.0 cm³/mol. The van der Waals surface area contributed by atoms with Crippen LogP contribution in [0.1, 0.15) is 24.5 Å². The third-order valence-electron chi connectivity index (χ3n) is 2.98. The molecular weight excluding hydrogens is 203 g/mol. The highest BCUT2D eigenvalue weighted by atomic mass is 19.1. The smallest absolute Gasteiger partial charge is 0.126 e. The van der Waals surface area contributed by atoms with Crippen molar-refractivity contribution in [3.05, 3.63) is 46.8 Å². The fourth-order valence-corrected chi connectivity index (χ4v) is 1.88. The molecule has 0 radical (unpaired) electrons. The lowest BCUT2D eigenvalue weighted by molar-refractivity contribution is 0.0625. The first kappa shape index (κ1) is 11.3. The summed E-state index contributed by atoms with van der Waals surface area (Å²) in [4.78, 5) is 0. The van der Waals surface area contributed by atoms with Gasteiger partial charge in [0, 0.05) is 0 Å². The van der Waals surface area contributed by atoms with E-state index in [-0.39, 0.29) is 11.9 Å². The summed E-state index contributed by atoms with van der Waals surface area (Å²) in [6.07, 6.45) is 4.13. The molecule has 86 valence electrons. The van der Waals surface area contributed by atoms with Gasteiger partial charge < -0.3 is 4.74 Å². The average molecular weight is 220 g/mol. The van der Waals surface area contributed by atoms with E-state index in [0.717, 1.165) is 18.4 Å². The first-order valence-electron chi connectivity index (χ1n) is 5.67. The molecule has 0 spiro atoms. The van der Waals surface area contributed by atoms with E-state index in [4.69, 9.17) is 4.74 Å². The molecule has 1 heterocycles. The van der Waals surface area contributed by atoms with E-state index >= 15 is 0 Å². The number of aryl methyl sites for hydroxylation is 1. The van der Waals surface area contributed by atoms with Gasteiger partial charge in [0.05, 0.1) is 12.7 Å². The van der Waals surface area contributed by atoms with Crippen molar-refractivity contribution in [2.24, 2.45) is 0 Å². The van der Waals surface area contributed by atoms with Crippen molar-refractivity contribution in [3.8, 4) is 0 Å². The average Bonchev–Trinajstić information content (AvgIpc) is 2.27. The highest BCUT2D eigenvalue weighted by Gasteiger charge is 2.13. The van der Waals surface area contributed by atoms with Crippen LogP contribution in [0.5, 0.6) is 0 Å². The van der Waals surface area contributed by atoms with Crippen LogP contribution < -0.4 is 0 Å². The summed E-state index contributed by atoms with van der Waals surface area (Å²) in [7, 11) is 0. The molecule has 0 bridgehead atoms. The zero-order chi connectivity index (χ0) is 11.5. The number of rotatable bonds is 2. The van der Waals surface area contributed by atoms with E-state index in [1.54, 1.807) is 13.0 Å². The fraction of sp³-hybridized carbons (Fsp3) is 0.429. The Balaban J connectivity index is 2.02. The molecule has 0 N–H and O–H groups in total. The van der Waals surface area contributed by atoms with Crippen molar-refractivity contribution >= 4 is 0 Å². The highest BCUT2D eigenvalue weighted by molar-refractivity contribution is 5.24. The lowest BCUT2D eigenvalue weighted by atomic mass is 10.0. The van der Waals surface area contributed by atoms with Gasteiger partial charge in [-0.2, -0.15) is 0 Å². The minimum absolute atomic E-state index is 0.125. The Bertz CT molecular complexity index is 409. The van der Waals surface area contributed by atoms with Crippen molar-refractivity contribution in [3.63, 3.8) is 0 Å². The summed E-state index contributed by atoms with van der Waals surface area (Å²) >= 11 is 0. The molecule has 2 heteroatoms. The monoisotopic (exact) mass is 220 g/mol. The van der Waals surface area contributed by atoms with E-state index in [1.807, 2.05) is 12.1 Å². The second kappa shape index (κ2) is 4.79. The quantitative estimate of drug-likeness (QED) is 0.694. The third kappa shape index (κ3) is 2.70. The summed E-state index contributed by atoms with van der Waals surface area (Å²) in [6, 6.07) is 5.42. The Kier molecular flexibility index (Phi) is 3.39. The Morgan fingerprint density at radius 3 is 2.81 bits per heavy atom. The van der Waals surface area contributed by atoms with Crippen LogP contribution in [0.15, 0.2) is 29.8 Å². The molecule has 1 aliphatic rings. The van der Waals surface area contributed by atoms with E-state index < -0.39 is 0 Å². The van der Waals surface area contributed by atoms with Crippen molar-refractivity contribution in [1.29, 1.82) is 0 Å². The number of halogens is 1. The van der Waals surface area contributed by atoms with Crippen LogP contribution in [0.4, 0.5) is 4.39 Å². The molecule has 1 atom stereocenters. The molecule has 1 aliphatic heterocycles. The minimum atomic E-state index is -0.125. The maximum atomic E-state index is 13.3. The number of ether oxygens (including phenoxy) is 1. The van der Waals surface area contributed by atoms with Crippen molar-refractivity contribution in [2.75, 3.05) is 6.61 Å². The molecule has 1 aromatic rings. The van der Waals surface area contributed by atoms with Gasteiger partial charge in [-0.3, -0.25) is 0 Å². The van der Waals surface area contributed by atoms with Crippen LogP contribution >= 0.6 is 0 Å². The van der Waals surface area contributed by atoms with E-state index in [1.165, 1.54) is 5.57 Å². The SMILES string of the molecule is CC1=CCC(Cc2ccc(C)c(F)c2)OC1. The lowest BCUT2D eigenvalue weighted by Crippen LogP contribution is -2.20. The first-order chi connectivity index (χ1) is 7.65. The molecule has 1 aromatic carbocycles. The Morgan fingerprint density at radius 1 is 1.38 bits per heavy atom. The molecule has 0 aliphatic carbocycles. The predicted octanol–water partition coefficient (Wildman–Crippen LogP) is 3.41. The van der Waals surface area contributed by atoms with Gasteiger partial charge in [0.1, 0.15) is 5.82 Å². The Morgan fingerprint density at radius 2 is 2.19 bits per heavy atom. The maximum Gasteiger partial charge on any atom is 0.126 e. The molecule has 0 saturated heterocycles. The van der Waals surface area contributed by atoms with E-state index in [2.05, 4.69) is 13.0 Å². The summed E-state index contributed by atoms with van der Waals surface area (Å²) in [5, 5.41) is 0. The number of hydrogen-bond acceptors (Lipinski definition) is 1. The van der Waals surface area contributed by atoms with Gasteiger partial charge in [-0.05, 0) is 43.9 Å². The van der Waals surface area contributed by atoms with Crippen molar-refractivity contribution in [1.82, 2.24) is 0 Å². The molecule has 1 nitrogen and oxygen atoms in total. The van der Waals surface area contributed by atoms with Gasteiger partial charge in [0.15, 0.2) is 0 Å². The zero-order valence-electron chi connectivity index (χ0n) is 9.79. The van der Waals surface area contributed by atoms with Gasteiger partial charge in [0.2, 0.25) is 0 Å². The molecular formula is C14H17FO. The summed E-state index contributed by atoms with van der Waals surface area (Å²) in [5.74, 6) is -0.125. The van der Waals surface area contributed by atoms with Gasteiger partial charge in [-0.25, -0.2) is 4.39 Å². The molecule has 0 saturated carbocycles. The Hall–Kier alpha value is -1.15. The molecule has 0 fully saturated rings. The van der Waals surface area contributed by atoms with Crippen LogP contribution in [-0.2, 0) is 11.2 Å². The lowest BCUT2D eigenvalue weighted by Gasteiger charge is -2.21. The zero-order valence-corrected chi connectivity index (χ0v) is 9.79. The summed E-state index contributed by atoms with van der Waals surface area (Å²) in [5.41, 5.74) is 3.00. The fourth-order valence-electron chi connectivity index (χ4n) is 1.88. The van der Waals surface area contributed by atoms with E-state index in [9.17, 15) is 4.39 Å². The van der Waals surface area contributed by atoms with Gasteiger partial charge in [-0.1, -0.05) is 23.8 Å². The van der Waals surface area contributed by atoms with Gasteiger partial charge >= 0.3 is 0 Å². The second-order valence-corrected chi connectivity index (χ2v) is 4.51. The number of benzene rings is 1. The number of hydrogen-bond donors (Lipinski definition) is 0. The van der Waals surface area contributed by atoms with Crippen LogP contribution in [-0.4, -0.2) is 12.7 Å². The largest absolute Gasteiger partial charge is 0.373 e. The molecule has 2 rings (SSSR count). The van der Waals surface area contributed by atoms with Gasteiger partial charge in [0.25, 0.3) is 0 Å². The standard InChI is InChI=1S/C14H17FO/c1-10-3-6-13(16-9-10)7-12-5-4-11(2)14(15)8-12/h3-5,8,13H,6-7,9H2,1-2H3. The Labute approximate surface area is 95.9 Å². The molecule has 0 amide bonds. The molecule has 0 aromatic heterocycles. The van der Waals surface area contributed by atoms with Crippen molar-refractivity contribution < 1.29 is 9.13 Å². The highest BCUT2D eigenvalue weighted by Crippen LogP contribution is 2.18. The second-order valence-electron chi connectivity index (χ2n) is 4.51. The third-order valence-corrected chi connectivity index (χ3v) is 2.98. The van der Waals surface area contributed by atoms with Crippen LogP contribution in [0.2, 0.25) is 0 Å². The normalized spacial score (nSPS) is 20.7. The minimum Gasteiger partial charge on any atom is -0.373 e. The van der Waals surface area contributed by atoms with Crippen LogP contribution in [0, 0.1) is 12.7 Å². The van der Waals surface area contributed by atoms with Gasteiger partial charge in [-0.15, -0.1) is 0 Å². The maximum absolute atomic E-state index is 13.3.